The Hall–Kier alpha value is -1.95. The Bertz CT molecular complexity index is 676. The maximum atomic E-state index is 13.2. The highest BCUT2D eigenvalue weighted by Gasteiger charge is 2.24. The molecule has 0 bridgehead atoms. The lowest BCUT2D eigenvalue weighted by atomic mass is 10.0. The van der Waals surface area contributed by atoms with Crippen molar-refractivity contribution in [2.75, 3.05) is 27.2 Å². The number of rotatable bonds is 3. The van der Waals surface area contributed by atoms with Gasteiger partial charge in [0.1, 0.15) is 11.5 Å². The Balaban J connectivity index is 1.67. The summed E-state index contributed by atoms with van der Waals surface area (Å²) in [6.45, 7) is 2.05. The second-order valence-corrected chi connectivity index (χ2v) is 6.06. The molecule has 6 heteroatoms. The molecule has 1 saturated heterocycles. The van der Waals surface area contributed by atoms with E-state index < -0.39 is 0 Å². The first-order valence-corrected chi connectivity index (χ1v) is 7.60. The Kier molecular flexibility index (Phi) is 4.11. The number of hydrogen-bond acceptors (Lipinski definition) is 3. The van der Waals surface area contributed by atoms with Crippen molar-refractivity contribution in [2.24, 2.45) is 0 Å². The normalized spacial score (nSPS) is 17.0. The number of pyridine rings is 1. The Morgan fingerprint density at radius 2 is 2.09 bits per heavy atom. The predicted molar refractivity (Wildman–Crippen MR) is 82.1 cm³/mol. The van der Waals surface area contributed by atoms with Crippen LogP contribution < -0.4 is 0 Å². The summed E-state index contributed by atoms with van der Waals surface area (Å²) in [6.07, 6.45) is 5.37. The van der Waals surface area contributed by atoms with E-state index in [9.17, 15) is 9.18 Å². The molecule has 0 radical (unpaired) electrons. The third kappa shape index (κ3) is 3.11. The van der Waals surface area contributed by atoms with Crippen molar-refractivity contribution in [1.82, 2.24) is 19.2 Å². The number of carbonyl (C=O) groups is 1. The number of nitrogens with zero attached hydrogens (tertiary/aromatic N) is 4. The average molecular weight is 304 g/mol. The molecule has 0 atom stereocenters. The summed E-state index contributed by atoms with van der Waals surface area (Å²) < 4.78 is 14.8. The van der Waals surface area contributed by atoms with E-state index in [1.807, 2.05) is 11.9 Å². The standard InChI is InChI=1S/C16H21FN4O/c1-19-7-5-14(6-8-19)20(2)16(22)9-13-11-21-10-12(17)3-4-15(21)18-13/h3-4,10-11,14H,5-9H2,1-2H3. The van der Waals surface area contributed by atoms with Gasteiger partial charge in [-0.15, -0.1) is 0 Å². The van der Waals surface area contributed by atoms with E-state index in [0.29, 0.717) is 17.4 Å². The van der Waals surface area contributed by atoms with Gasteiger partial charge in [-0.2, -0.15) is 0 Å². The number of likely N-dealkylation sites (N-methyl/N-ethyl adjacent to an activating group) is 1. The second kappa shape index (κ2) is 6.04. The molecule has 5 nitrogen and oxygen atoms in total. The smallest absolute Gasteiger partial charge is 0.228 e. The number of carbonyl (C=O) groups excluding carboxylic acids is 1. The van der Waals surface area contributed by atoms with E-state index in [0.717, 1.165) is 25.9 Å². The maximum absolute atomic E-state index is 13.2. The van der Waals surface area contributed by atoms with Gasteiger partial charge in [-0.3, -0.25) is 4.79 Å². The van der Waals surface area contributed by atoms with Crippen LogP contribution in [0.25, 0.3) is 5.65 Å². The van der Waals surface area contributed by atoms with Crippen molar-refractivity contribution in [3.8, 4) is 0 Å². The predicted octanol–water partition coefficient (Wildman–Crippen LogP) is 1.57. The molecule has 0 saturated carbocycles. The second-order valence-electron chi connectivity index (χ2n) is 6.06. The molecule has 3 heterocycles. The van der Waals surface area contributed by atoms with Gasteiger partial charge in [-0.25, -0.2) is 9.37 Å². The molecule has 0 aromatic carbocycles. The highest BCUT2D eigenvalue weighted by molar-refractivity contribution is 5.78. The van der Waals surface area contributed by atoms with Gasteiger partial charge in [0, 0.05) is 25.5 Å². The van der Waals surface area contributed by atoms with Crippen LogP contribution in [0.1, 0.15) is 18.5 Å². The number of aromatic nitrogens is 2. The van der Waals surface area contributed by atoms with E-state index in [1.165, 1.54) is 12.3 Å². The Morgan fingerprint density at radius 3 is 2.82 bits per heavy atom. The van der Waals surface area contributed by atoms with Crippen molar-refractivity contribution >= 4 is 11.6 Å². The lowest BCUT2D eigenvalue weighted by Gasteiger charge is -2.35. The molecule has 0 spiro atoms. The average Bonchev–Trinajstić information content (AvgIpc) is 2.88. The van der Waals surface area contributed by atoms with E-state index in [4.69, 9.17) is 0 Å². The number of amides is 1. The van der Waals surface area contributed by atoms with Gasteiger partial charge in [0.05, 0.1) is 12.1 Å². The number of halogens is 1. The zero-order valence-electron chi connectivity index (χ0n) is 13.0. The summed E-state index contributed by atoms with van der Waals surface area (Å²) >= 11 is 0. The van der Waals surface area contributed by atoms with Gasteiger partial charge >= 0.3 is 0 Å². The molecule has 1 amide bonds. The molecule has 118 valence electrons. The minimum atomic E-state index is -0.314. The molecule has 1 fully saturated rings. The van der Waals surface area contributed by atoms with Crippen LogP contribution in [0.4, 0.5) is 4.39 Å². The van der Waals surface area contributed by atoms with E-state index in [2.05, 4.69) is 16.9 Å². The molecular formula is C16H21FN4O. The molecule has 0 unspecified atom stereocenters. The molecule has 1 aliphatic rings. The summed E-state index contributed by atoms with van der Waals surface area (Å²) in [5.41, 5.74) is 1.33. The molecule has 2 aromatic heterocycles. The number of imidazole rings is 1. The molecule has 0 N–H and O–H groups in total. The maximum Gasteiger partial charge on any atom is 0.228 e. The van der Waals surface area contributed by atoms with Crippen LogP contribution in [0.5, 0.6) is 0 Å². The van der Waals surface area contributed by atoms with E-state index >= 15 is 0 Å². The zero-order valence-corrected chi connectivity index (χ0v) is 13.0. The number of hydrogen-bond donors (Lipinski definition) is 0. The topological polar surface area (TPSA) is 40.9 Å². The lowest BCUT2D eigenvalue weighted by Crippen LogP contribution is -2.45. The van der Waals surface area contributed by atoms with Gasteiger partial charge in [0.15, 0.2) is 0 Å². The minimum absolute atomic E-state index is 0.0680. The highest BCUT2D eigenvalue weighted by Crippen LogP contribution is 2.15. The highest BCUT2D eigenvalue weighted by atomic mass is 19.1. The first-order chi connectivity index (χ1) is 10.5. The zero-order chi connectivity index (χ0) is 15.7. The summed E-state index contributed by atoms with van der Waals surface area (Å²) in [5.74, 6) is -0.246. The monoisotopic (exact) mass is 304 g/mol. The molecule has 2 aromatic rings. The number of likely N-dealkylation sites (tertiary alicyclic amines) is 1. The van der Waals surface area contributed by atoms with Crippen LogP contribution >= 0.6 is 0 Å². The van der Waals surface area contributed by atoms with Crippen molar-refractivity contribution in [2.45, 2.75) is 25.3 Å². The molecule has 3 rings (SSSR count). The lowest BCUT2D eigenvalue weighted by molar-refractivity contribution is -0.132. The first-order valence-electron chi connectivity index (χ1n) is 7.60. The van der Waals surface area contributed by atoms with Crippen molar-refractivity contribution < 1.29 is 9.18 Å². The summed E-state index contributed by atoms with van der Waals surface area (Å²) in [5, 5.41) is 0. The third-order valence-corrected chi connectivity index (χ3v) is 4.43. The van der Waals surface area contributed by atoms with Gasteiger partial charge in [-0.05, 0) is 45.1 Å². The number of piperidine rings is 1. The van der Waals surface area contributed by atoms with Crippen molar-refractivity contribution in [3.63, 3.8) is 0 Å². The van der Waals surface area contributed by atoms with Gasteiger partial charge < -0.3 is 14.2 Å². The first kappa shape index (κ1) is 15.0. The fraction of sp³-hybridized carbons (Fsp3) is 0.500. The Morgan fingerprint density at radius 1 is 1.36 bits per heavy atom. The quantitative estimate of drug-likeness (QED) is 0.864. The summed E-state index contributed by atoms with van der Waals surface area (Å²) in [4.78, 5) is 20.9. The van der Waals surface area contributed by atoms with Crippen molar-refractivity contribution in [1.29, 1.82) is 0 Å². The summed E-state index contributed by atoms with van der Waals surface area (Å²) in [7, 11) is 3.97. The van der Waals surface area contributed by atoms with Crippen LogP contribution in [0.2, 0.25) is 0 Å². The van der Waals surface area contributed by atoms with Crippen LogP contribution in [0.15, 0.2) is 24.5 Å². The van der Waals surface area contributed by atoms with Gasteiger partial charge in [-0.1, -0.05) is 0 Å². The number of fused-ring (bicyclic) bond motifs is 1. The third-order valence-electron chi connectivity index (χ3n) is 4.43. The van der Waals surface area contributed by atoms with Crippen LogP contribution in [-0.4, -0.2) is 58.3 Å². The fourth-order valence-corrected chi connectivity index (χ4v) is 2.97. The van der Waals surface area contributed by atoms with Crippen LogP contribution in [0.3, 0.4) is 0 Å². The summed E-state index contributed by atoms with van der Waals surface area (Å²) in [6, 6.07) is 3.29. The van der Waals surface area contributed by atoms with Gasteiger partial charge in [0.25, 0.3) is 0 Å². The molecule has 0 aliphatic carbocycles. The van der Waals surface area contributed by atoms with Gasteiger partial charge in [0.2, 0.25) is 5.91 Å². The van der Waals surface area contributed by atoms with Crippen molar-refractivity contribution in [3.05, 3.63) is 36.0 Å². The largest absolute Gasteiger partial charge is 0.342 e. The SMILES string of the molecule is CN1CCC(N(C)C(=O)Cc2cn3cc(F)ccc3n2)CC1. The Labute approximate surface area is 129 Å². The molecular weight excluding hydrogens is 283 g/mol. The van der Waals surface area contributed by atoms with E-state index in [1.54, 1.807) is 16.7 Å². The van der Waals surface area contributed by atoms with Crippen LogP contribution in [0, 0.1) is 5.82 Å². The molecule has 1 aliphatic heterocycles. The minimum Gasteiger partial charge on any atom is -0.342 e. The molecule has 22 heavy (non-hydrogen) atoms. The van der Waals surface area contributed by atoms with Crippen LogP contribution in [-0.2, 0) is 11.2 Å². The van der Waals surface area contributed by atoms with E-state index in [-0.39, 0.29) is 18.1 Å². The fourth-order valence-electron chi connectivity index (χ4n) is 2.97.